The molecule has 8 heteroatoms. The maximum absolute atomic E-state index is 12.4. The molecule has 3 aromatic rings. The number of amides is 1. The Labute approximate surface area is 155 Å². The topological polar surface area (TPSA) is 90.5 Å². The molecule has 0 aliphatic carbocycles. The highest BCUT2D eigenvalue weighted by atomic mass is 35.5. The Morgan fingerprint density at radius 1 is 1.23 bits per heavy atom. The minimum Gasteiger partial charge on any atom is -0.464 e. The lowest BCUT2D eigenvalue weighted by atomic mass is 10.1. The van der Waals surface area contributed by atoms with Gasteiger partial charge in [0, 0.05) is 17.8 Å². The predicted molar refractivity (Wildman–Crippen MR) is 96.4 cm³/mol. The second kappa shape index (κ2) is 7.31. The van der Waals surface area contributed by atoms with Gasteiger partial charge in [-0.1, -0.05) is 17.7 Å². The molecular weight excluding hydrogens is 376 g/mol. The quantitative estimate of drug-likeness (QED) is 0.724. The Morgan fingerprint density at radius 3 is 2.69 bits per heavy atom. The molecule has 3 rings (SSSR count). The van der Waals surface area contributed by atoms with E-state index in [4.69, 9.17) is 16.0 Å². The summed E-state index contributed by atoms with van der Waals surface area (Å²) >= 11 is 6.12. The number of carbonyl (C=O) groups excluding carboxylic acids is 1. The largest absolute Gasteiger partial charge is 0.464 e. The first-order chi connectivity index (χ1) is 12.3. The average Bonchev–Trinajstić information content (AvgIpc) is 3.14. The van der Waals surface area contributed by atoms with Gasteiger partial charge in [-0.2, -0.15) is 0 Å². The van der Waals surface area contributed by atoms with Crippen LogP contribution in [-0.2, 0) is 16.4 Å². The van der Waals surface area contributed by atoms with E-state index in [0.29, 0.717) is 16.9 Å². The maximum atomic E-state index is 12.4. The number of carbonyl (C=O) groups is 1. The second-order valence-electron chi connectivity index (χ2n) is 5.70. The summed E-state index contributed by atoms with van der Waals surface area (Å²) in [5.41, 5.74) is 1.81. The van der Waals surface area contributed by atoms with Crippen LogP contribution in [0.5, 0.6) is 0 Å². The van der Waals surface area contributed by atoms with Crippen LogP contribution in [0.4, 0.5) is 0 Å². The van der Waals surface area contributed by atoms with E-state index in [1.54, 1.807) is 42.9 Å². The summed E-state index contributed by atoms with van der Waals surface area (Å²) in [4.78, 5) is 15.4. The van der Waals surface area contributed by atoms with Gasteiger partial charge in [0.15, 0.2) is 22.2 Å². The first kappa shape index (κ1) is 18.2. The molecular formula is C18H16ClN2O4S+. The average molecular weight is 392 g/mol. The molecule has 2 N–H and O–H groups in total. The molecule has 1 aromatic carbocycles. The second-order valence-corrected chi connectivity index (χ2v) is 8.12. The zero-order chi connectivity index (χ0) is 18.7. The van der Waals surface area contributed by atoms with Gasteiger partial charge in [-0.25, -0.2) is 13.4 Å². The number of pyridine rings is 1. The van der Waals surface area contributed by atoms with Gasteiger partial charge in [0.1, 0.15) is 11.3 Å². The summed E-state index contributed by atoms with van der Waals surface area (Å²) in [6.45, 7) is 0.173. The van der Waals surface area contributed by atoms with Crippen LogP contribution in [0.15, 0.2) is 64.4 Å². The van der Waals surface area contributed by atoms with E-state index < -0.39 is 9.84 Å². The lowest BCUT2D eigenvalue weighted by molar-refractivity contribution is -0.377. The van der Waals surface area contributed by atoms with Crippen molar-refractivity contribution in [3.63, 3.8) is 0 Å². The van der Waals surface area contributed by atoms with Gasteiger partial charge < -0.3 is 9.73 Å². The van der Waals surface area contributed by atoms with Crippen LogP contribution in [0.3, 0.4) is 0 Å². The van der Waals surface area contributed by atoms with Gasteiger partial charge in [0.25, 0.3) is 5.91 Å². The van der Waals surface area contributed by atoms with Crippen LogP contribution in [0.2, 0.25) is 5.02 Å². The summed E-state index contributed by atoms with van der Waals surface area (Å²) in [6.07, 6.45) is 5.99. The molecule has 6 nitrogen and oxygen atoms in total. The molecule has 0 radical (unpaired) electrons. The molecule has 2 aromatic heterocycles. The number of rotatable bonds is 5. The van der Waals surface area contributed by atoms with E-state index in [-0.39, 0.29) is 22.4 Å². The highest BCUT2D eigenvalue weighted by Crippen LogP contribution is 2.21. The number of hydrogen-bond acceptors (Lipinski definition) is 4. The van der Waals surface area contributed by atoms with Crippen LogP contribution >= 0.6 is 11.6 Å². The summed E-state index contributed by atoms with van der Waals surface area (Å²) < 4.78 is 28.4. The van der Waals surface area contributed by atoms with Crippen LogP contribution in [-0.4, -0.2) is 20.6 Å². The molecule has 0 bridgehead atoms. The third-order valence-electron chi connectivity index (χ3n) is 3.75. The van der Waals surface area contributed by atoms with Crippen LogP contribution in [0, 0.1) is 0 Å². The highest BCUT2D eigenvalue weighted by Gasteiger charge is 2.14. The van der Waals surface area contributed by atoms with Crippen LogP contribution < -0.4 is 10.3 Å². The lowest BCUT2D eigenvalue weighted by Crippen LogP contribution is -2.24. The Balaban J connectivity index is 1.73. The van der Waals surface area contributed by atoms with Crippen molar-refractivity contribution < 1.29 is 22.6 Å². The van der Waals surface area contributed by atoms with Crippen molar-refractivity contribution >= 4 is 27.3 Å². The molecule has 1 amide bonds. The van der Waals surface area contributed by atoms with Crippen molar-refractivity contribution in [2.75, 3.05) is 6.26 Å². The van der Waals surface area contributed by atoms with Gasteiger partial charge in [-0.15, -0.1) is 0 Å². The summed E-state index contributed by atoms with van der Waals surface area (Å²) in [6, 6.07) is 9.71. The van der Waals surface area contributed by atoms with Crippen molar-refractivity contribution in [3.8, 4) is 11.3 Å². The minimum absolute atomic E-state index is 0.137. The predicted octanol–water partition coefficient (Wildman–Crippen LogP) is 2.75. The van der Waals surface area contributed by atoms with E-state index in [1.165, 1.54) is 12.1 Å². The molecule has 0 aliphatic heterocycles. The number of hydrogen-bond donors (Lipinski definition) is 1. The number of furan rings is 1. The van der Waals surface area contributed by atoms with Crippen molar-refractivity contribution in [2.45, 2.75) is 11.4 Å². The lowest BCUT2D eigenvalue weighted by Gasteiger charge is -2.08. The fourth-order valence-electron chi connectivity index (χ4n) is 2.37. The van der Waals surface area contributed by atoms with Crippen molar-refractivity contribution in [1.29, 1.82) is 0 Å². The van der Waals surface area contributed by atoms with Crippen molar-refractivity contribution in [1.82, 2.24) is 5.32 Å². The number of aromatic nitrogens is 1. The number of halogens is 1. The summed E-state index contributed by atoms with van der Waals surface area (Å²) in [5, 5.41) is 3.04. The third-order valence-corrected chi connectivity index (χ3v) is 5.21. The van der Waals surface area contributed by atoms with Gasteiger partial charge in [0.05, 0.1) is 16.7 Å². The Hall–Kier alpha value is -2.64. The summed E-state index contributed by atoms with van der Waals surface area (Å²) in [5.74, 6) is 0.355. The SMILES string of the molecule is CS(=O)(=O)c1ccc(CNC(=O)c2c[nH+]cc(-c3ccco3)c2)c(Cl)c1. The third kappa shape index (κ3) is 4.12. The zero-order valence-electron chi connectivity index (χ0n) is 13.8. The molecule has 0 unspecified atom stereocenters. The maximum Gasteiger partial charge on any atom is 0.257 e. The van der Waals surface area contributed by atoms with E-state index >= 15 is 0 Å². The first-order valence-corrected chi connectivity index (χ1v) is 9.93. The number of sulfone groups is 1. The van der Waals surface area contributed by atoms with E-state index in [0.717, 1.165) is 11.8 Å². The van der Waals surface area contributed by atoms with Crippen molar-refractivity contribution in [3.05, 3.63) is 71.2 Å². The standard InChI is InChI=1S/C18H15ClN2O4S/c1-26(23,24)15-5-4-12(16(19)8-15)11-21-18(22)14-7-13(9-20-10-14)17-3-2-6-25-17/h2-10H,11H2,1H3,(H,21,22)/p+1. The smallest absolute Gasteiger partial charge is 0.257 e. The molecule has 26 heavy (non-hydrogen) atoms. The Morgan fingerprint density at radius 2 is 2.04 bits per heavy atom. The molecule has 2 heterocycles. The molecule has 134 valence electrons. The Kier molecular flexibility index (Phi) is 5.11. The molecule has 0 saturated carbocycles. The number of aromatic amines is 1. The molecule has 0 atom stereocenters. The van der Waals surface area contributed by atoms with Gasteiger partial charge in [0.2, 0.25) is 0 Å². The zero-order valence-corrected chi connectivity index (χ0v) is 15.4. The number of benzene rings is 1. The first-order valence-electron chi connectivity index (χ1n) is 7.66. The van der Waals surface area contributed by atoms with Crippen LogP contribution in [0.1, 0.15) is 15.9 Å². The summed E-state index contributed by atoms with van der Waals surface area (Å²) in [7, 11) is -3.33. The fraction of sp³-hybridized carbons (Fsp3) is 0.111. The number of H-pyrrole nitrogens is 1. The van der Waals surface area contributed by atoms with Crippen molar-refractivity contribution in [2.24, 2.45) is 0 Å². The fourth-order valence-corrected chi connectivity index (χ4v) is 3.33. The normalized spacial score (nSPS) is 11.3. The van der Waals surface area contributed by atoms with Gasteiger partial charge >= 0.3 is 0 Å². The van der Waals surface area contributed by atoms with E-state index in [9.17, 15) is 13.2 Å². The minimum atomic E-state index is -3.33. The highest BCUT2D eigenvalue weighted by molar-refractivity contribution is 7.90. The van der Waals surface area contributed by atoms with E-state index in [1.807, 2.05) is 0 Å². The van der Waals surface area contributed by atoms with E-state index in [2.05, 4.69) is 10.3 Å². The molecule has 0 spiro atoms. The van der Waals surface area contributed by atoms with Crippen LogP contribution in [0.25, 0.3) is 11.3 Å². The van der Waals surface area contributed by atoms with Gasteiger partial charge in [-0.3, -0.25) is 4.79 Å². The monoisotopic (exact) mass is 391 g/mol. The van der Waals surface area contributed by atoms with Gasteiger partial charge in [-0.05, 0) is 35.9 Å². The number of nitrogens with one attached hydrogen (secondary N) is 2. The molecule has 0 fully saturated rings. The molecule has 0 saturated heterocycles. The Bertz CT molecular complexity index is 1050. The molecule has 0 aliphatic rings.